The number of hydrazine groups is 1. The van der Waals surface area contributed by atoms with Crippen molar-refractivity contribution in [2.75, 3.05) is 5.43 Å². The summed E-state index contributed by atoms with van der Waals surface area (Å²) in [5.74, 6) is 6.18. The van der Waals surface area contributed by atoms with E-state index >= 15 is 0 Å². The SMILES string of the molecule is NNc1ccc(-c2nc(-c3ccc(F)cc3)no2)cn1. The highest BCUT2D eigenvalue weighted by atomic mass is 19.1. The van der Waals surface area contributed by atoms with Gasteiger partial charge >= 0.3 is 0 Å². The summed E-state index contributed by atoms with van der Waals surface area (Å²) in [6, 6.07) is 9.30. The average Bonchev–Trinajstić information content (AvgIpc) is 2.98. The summed E-state index contributed by atoms with van der Waals surface area (Å²) in [4.78, 5) is 8.30. The summed E-state index contributed by atoms with van der Waals surface area (Å²) in [7, 11) is 0. The molecule has 0 fully saturated rings. The molecule has 100 valence electrons. The van der Waals surface area contributed by atoms with Crippen LogP contribution < -0.4 is 11.3 Å². The maximum absolute atomic E-state index is 12.9. The average molecular weight is 271 g/mol. The third-order valence-corrected chi connectivity index (χ3v) is 2.69. The fourth-order valence-electron chi connectivity index (χ4n) is 1.66. The van der Waals surface area contributed by atoms with Crippen LogP contribution in [0.2, 0.25) is 0 Å². The third kappa shape index (κ3) is 2.34. The third-order valence-electron chi connectivity index (χ3n) is 2.69. The molecule has 3 N–H and O–H groups in total. The molecule has 0 aliphatic rings. The number of pyridine rings is 1. The molecule has 7 heteroatoms. The maximum Gasteiger partial charge on any atom is 0.259 e. The van der Waals surface area contributed by atoms with Gasteiger partial charge in [0.1, 0.15) is 11.6 Å². The maximum atomic E-state index is 12.9. The summed E-state index contributed by atoms with van der Waals surface area (Å²) in [6.07, 6.45) is 1.57. The fraction of sp³-hybridized carbons (Fsp3) is 0. The number of nitrogen functional groups attached to an aromatic ring is 1. The lowest BCUT2D eigenvalue weighted by Gasteiger charge is -1.98. The molecule has 6 nitrogen and oxygen atoms in total. The minimum atomic E-state index is -0.313. The molecule has 0 atom stereocenters. The molecule has 0 amide bonds. The zero-order valence-electron chi connectivity index (χ0n) is 10.2. The first kappa shape index (κ1) is 12.2. The van der Waals surface area contributed by atoms with Gasteiger partial charge in [0.05, 0.1) is 5.56 Å². The zero-order chi connectivity index (χ0) is 13.9. The summed E-state index contributed by atoms with van der Waals surface area (Å²) in [5, 5.41) is 3.86. The summed E-state index contributed by atoms with van der Waals surface area (Å²) < 4.78 is 18.0. The molecule has 0 bridgehead atoms. The second kappa shape index (κ2) is 5.06. The first-order valence-electron chi connectivity index (χ1n) is 5.79. The quantitative estimate of drug-likeness (QED) is 0.560. The summed E-state index contributed by atoms with van der Waals surface area (Å²) in [6.45, 7) is 0. The highest BCUT2D eigenvalue weighted by Crippen LogP contribution is 2.22. The van der Waals surface area contributed by atoms with E-state index in [-0.39, 0.29) is 5.82 Å². The second-order valence-corrected chi connectivity index (χ2v) is 4.01. The number of hydrogen-bond donors (Lipinski definition) is 2. The second-order valence-electron chi connectivity index (χ2n) is 4.01. The van der Waals surface area contributed by atoms with Crippen molar-refractivity contribution in [3.8, 4) is 22.8 Å². The van der Waals surface area contributed by atoms with Crippen LogP contribution in [0.3, 0.4) is 0 Å². The Morgan fingerprint density at radius 3 is 2.45 bits per heavy atom. The lowest BCUT2D eigenvalue weighted by molar-refractivity contribution is 0.432. The van der Waals surface area contributed by atoms with Crippen molar-refractivity contribution >= 4 is 5.82 Å². The van der Waals surface area contributed by atoms with Gasteiger partial charge in [0.2, 0.25) is 5.82 Å². The predicted octanol–water partition coefficient (Wildman–Crippen LogP) is 2.22. The van der Waals surface area contributed by atoms with E-state index in [1.54, 1.807) is 30.5 Å². The normalized spacial score (nSPS) is 10.5. The number of halogens is 1. The van der Waals surface area contributed by atoms with E-state index in [0.717, 1.165) is 0 Å². The Morgan fingerprint density at radius 2 is 1.80 bits per heavy atom. The van der Waals surface area contributed by atoms with Gasteiger partial charge < -0.3 is 9.95 Å². The van der Waals surface area contributed by atoms with Crippen molar-refractivity contribution in [3.05, 3.63) is 48.4 Å². The van der Waals surface area contributed by atoms with Crippen LogP contribution in [-0.4, -0.2) is 15.1 Å². The van der Waals surface area contributed by atoms with Gasteiger partial charge in [0.15, 0.2) is 0 Å². The van der Waals surface area contributed by atoms with Crippen molar-refractivity contribution in [1.82, 2.24) is 15.1 Å². The van der Waals surface area contributed by atoms with Gasteiger partial charge in [-0.25, -0.2) is 15.2 Å². The molecular formula is C13H10FN5O. The molecule has 3 aromatic rings. The largest absolute Gasteiger partial charge is 0.334 e. The van der Waals surface area contributed by atoms with Crippen molar-refractivity contribution in [1.29, 1.82) is 0 Å². The van der Waals surface area contributed by atoms with Crippen LogP contribution in [0.1, 0.15) is 0 Å². The Balaban J connectivity index is 1.91. The van der Waals surface area contributed by atoms with Crippen LogP contribution in [0.4, 0.5) is 10.2 Å². The number of nitrogens with zero attached hydrogens (tertiary/aromatic N) is 3. The molecule has 0 radical (unpaired) electrons. The Hall–Kier alpha value is -2.80. The molecule has 0 spiro atoms. The molecule has 0 unspecified atom stereocenters. The predicted molar refractivity (Wildman–Crippen MR) is 70.7 cm³/mol. The zero-order valence-corrected chi connectivity index (χ0v) is 10.2. The molecule has 3 rings (SSSR count). The fourth-order valence-corrected chi connectivity index (χ4v) is 1.66. The van der Waals surface area contributed by atoms with E-state index in [1.807, 2.05) is 0 Å². The van der Waals surface area contributed by atoms with Crippen LogP contribution in [0.15, 0.2) is 47.1 Å². The van der Waals surface area contributed by atoms with Crippen LogP contribution in [0.5, 0.6) is 0 Å². The van der Waals surface area contributed by atoms with Crippen molar-refractivity contribution in [3.63, 3.8) is 0 Å². The van der Waals surface area contributed by atoms with Gasteiger partial charge in [-0.3, -0.25) is 0 Å². The van der Waals surface area contributed by atoms with Crippen LogP contribution >= 0.6 is 0 Å². The highest BCUT2D eigenvalue weighted by molar-refractivity contribution is 5.59. The van der Waals surface area contributed by atoms with Crippen LogP contribution in [0, 0.1) is 5.82 Å². The minimum Gasteiger partial charge on any atom is -0.334 e. The first-order valence-corrected chi connectivity index (χ1v) is 5.79. The number of anilines is 1. The summed E-state index contributed by atoms with van der Waals surface area (Å²) in [5.41, 5.74) is 3.78. The van der Waals surface area contributed by atoms with Gasteiger partial charge in [0.25, 0.3) is 5.89 Å². The topological polar surface area (TPSA) is 89.9 Å². The molecule has 0 saturated carbocycles. The number of nitrogens with one attached hydrogen (secondary N) is 1. The van der Waals surface area contributed by atoms with E-state index in [0.29, 0.717) is 28.7 Å². The molecule has 20 heavy (non-hydrogen) atoms. The van der Waals surface area contributed by atoms with E-state index in [2.05, 4.69) is 20.6 Å². The number of benzene rings is 1. The number of nitrogens with two attached hydrogens (primary N) is 1. The Bertz CT molecular complexity index is 708. The van der Waals surface area contributed by atoms with Gasteiger partial charge in [-0.2, -0.15) is 4.98 Å². The van der Waals surface area contributed by atoms with Crippen molar-refractivity contribution < 1.29 is 8.91 Å². The molecule has 0 aliphatic carbocycles. The molecule has 0 aliphatic heterocycles. The van der Waals surface area contributed by atoms with E-state index in [9.17, 15) is 4.39 Å². The van der Waals surface area contributed by atoms with Gasteiger partial charge in [-0.05, 0) is 36.4 Å². The van der Waals surface area contributed by atoms with Gasteiger partial charge in [-0.1, -0.05) is 5.16 Å². The number of rotatable bonds is 3. The van der Waals surface area contributed by atoms with E-state index < -0.39 is 0 Å². The standard InChI is InChI=1S/C13H10FN5O/c14-10-4-1-8(2-5-10)12-17-13(20-19-12)9-3-6-11(18-15)16-7-9/h1-7H,15H2,(H,16,18). The Labute approximate surface area is 113 Å². The van der Waals surface area contributed by atoms with Gasteiger partial charge in [0, 0.05) is 11.8 Å². The van der Waals surface area contributed by atoms with E-state index in [1.165, 1.54) is 12.1 Å². The molecule has 0 saturated heterocycles. The minimum absolute atomic E-state index is 0.313. The van der Waals surface area contributed by atoms with Crippen molar-refractivity contribution in [2.45, 2.75) is 0 Å². The first-order chi connectivity index (χ1) is 9.76. The Morgan fingerprint density at radius 1 is 1.05 bits per heavy atom. The summed E-state index contributed by atoms with van der Waals surface area (Å²) >= 11 is 0. The number of aromatic nitrogens is 3. The lowest BCUT2D eigenvalue weighted by atomic mass is 10.2. The molecule has 1 aromatic carbocycles. The smallest absolute Gasteiger partial charge is 0.259 e. The number of hydrogen-bond acceptors (Lipinski definition) is 6. The van der Waals surface area contributed by atoms with Gasteiger partial charge in [-0.15, -0.1) is 0 Å². The molecule has 2 heterocycles. The monoisotopic (exact) mass is 271 g/mol. The highest BCUT2D eigenvalue weighted by Gasteiger charge is 2.11. The molecular weight excluding hydrogens is 261 g/mol. The Kier molecular flexibility index (Phi) is 3.10. The van der Waals surface area contributed by atoms with Crippen LogP contribution in [-0.2, 0) is 0 Å². The van der Waals surface area contributed by atoms with E-state index in [4.69, 9.17) is 10.4 Å². The lowest BCUT2D eigenvalue weighted by Crippen LogP contribution is -2.07. The van der Waals surface area contributed by atoms with Crippen molar-refractivity contribution in [2.24, 2.45) is 5.84 Å². The molecule has 2 aromatic heterocycles. The van der Waals surface area contributed by atoms with Crippen LogP contribution in [0.25, 0.3) is 22.8 Å².